The zero-order valence-electron chi connectivity index (χ0n) is 6.59. The fourth-order valence-electron chi connectivity index (χ4n) is 1.27. The van der Waals surface area contributed by atoms with Crippen LogP contribution in [-0.4, -0.2) is 5.11 Å². The molecule has 1 nitrogen and oxygen atoms in total. The van der Waals surface area contributed by atoms with Gasteiger partial charge >= 0.3 is 0 Å². The van der Waals surface area contributed by atoms with Gasteiger partial charge in [0.25, 0.3) is 0 Å². The first kappa shape index (κ1) is 8.51. The first-order chi connectivity index (χ1) is 6.20. The van der Waals surface area contributed by atoms with Crippen LogP contribution in [0.4, 0.5) is 4.39 Å². The van der Waals surface area contributed by atoms with E-state index < -0.39 is 5.82 Å². The Labute approximate surface area is 82.9 Å². The largest absolute Gasteiger partial charge is 0.505 e. The van der Waals surface area contributed by atoms with Gasteiger partial charge < -0.3 is 5.11 Å². The summed E-state index contributed by atoms with van der Waals surface area (Å²) in [5.41, 5.74) is 0. The average Bonchev–Trinajstić information content (AvgIpc) is 2.12. The number of fused-ring (bicyclic) bond motifs is 1. The van der Waals surface area contributed by atoms with Crippen LogP contribution in [0, 0.1) is 5.82 Å². The predicted molar refractivity (Wildman–Crippen MR) is 53.3 cm³/mol. The molecule has 0 radical (unpaired) electrons. The molecule has 0 saturated heterocycles. The summed E-state index contributed by atoms with van der Waals surface area (Å²) in [5, 5.41) is 10.3. The molecule has 0 unspecified atom stereocenters. The normalized spacial score (nSPS) is 10.6. The van der Waals surface area contributed by atoms with E-state index in [4.69, 9.17) is 5.11 Å². The average molecular weight is 241 g/mol. The maximum absolute atomic E-state index is 13.3. The van der Waals surface area contributed by atoms with Crippen molar-refractivity contribution in [3.63, 3.8) is 0 Å². The highest BCUT2D eigenvalue weighted by Gasteiger charge is 2.06. The second kappa shape index (κ2) is 3.00. The third kappa shape index (κ3) is 1.29. The molecule has 2 rings (SSSR count). The number of hydrogen-bond acceptors (Lipinski definition) is 1. The van der Waals surface area contributed by atoms with E-state index in [-0.39, 0.29) is 5.75 Å². The summed E-state index contributed by atoms with van der Waals surface area (Å²) >= 11 is 3.31. The van der Waals surface area contributed by atoms with E-state index in [9.17, 15) is 4.39 Å². The molecule has 66 valence electrons. The summed E-state index contributed by atoms with van der Waals surface area (Å²) in [6, 6.07) is 8.23. The van der Waals surface area contributed by atoms with Gasteiger partial charge in [0, 0.05) is 9.86 Å². The van der Waals surface area contributed by atoms with Gasteiger partial charge in [-0.1, -0.05) is 28.1 Å². The number of aromatic hydroxyl groups is 1. The number of rotatable bonds is 0. The van der Waals surface area contributed by atoms with Crippen molar-refractivity contribution in [2.45, 2.75) is 0 Å². The minimum absolute atomic E-state index is 0.314. The van der Waals surface area contributed by atoms with E-state index >= 15 is 0 Å². The molecule has 0 aliphatic rings. The maximum Gasteiger partial charge on any atom is 0.172 e. The zero-order valence-corrected chi connectivity index (χ0v) is 8.18. The third-order valence-corrected chi connectivity index (χ3v) is 2.61. The van der Waals surface area contributed by atoms with Crippen molar-refractivity contribution < 1.29 is 9.50 Å². The molecule has 0 spiro atoms. The Balaban J connectivity index is 2.94. The number of phenols is 1. The quantitative estimate of drug-likeness (QED) is 0.748. The van der Waals surface area contributed by atoms with Gasteiger partial charge in [0.2, 0.25) is 0 Å². The standard InChI is InChI=1S/C10H6BrFO/c11-8-3-1-2-7-6(8)4-5-9(13)10(7)12/h1-5,13H. The lowest BCUT2D eigenvalue weighted by Gasteiger charge is -2.02. The summed E-state index contributed by atoms with van der Waals surface area (Å²) in [6.45, 7) is 0. The van der Waals surface area contributed by atoms with E-state index in [1.807, 2.05) is 6.07 Å². The fraction of sp³-hybridized carbons (Fsp3) is 0. The zero-order chi connectivity index (χ0) is 9.42. The van der Waals surface area contributed by atoms with Crippen LogP contribution in [0.3, 0.4) is 0 Å². The molecule has 2 aromatic carbocycles. The van der Waals surface area contributed by atoms with Crippen LogP contribution in [0.2, 0.25) is 0 Å². The summed E-state index contributed by atoms with van der Waals surface area (Å²) in [4.78, 5) is 0. The van der Waals surface area contributed by atoms with Crippen molar-refractivity contribution in [1.82, 2.24) is 0 Å². The topological polar surface area (TPSA) is 20.2 Å². The third-order valence-electron chi connectivity index (χ3n) is 1.92. The van der Waals surface area contributed by atoms with Crippen molar-refractivity contribution >= 4 is 26.7 Å². The Morgan fingerprint density at radius 3 is 2.62 bits per heavy atom. The van der Waals surface area contributed by atoms with Gasteiger partial charge in [0.15, 0.2) is 11.6 Å². The fourth-order valence-corrected chi connectivity index (χ4v) is 1.77. The summed E-state index contributed by atoms with van der Waals surface area (Å²) in [5.74, 6) is -0.885. The highest BCUT2D eigenvalue weighted by molar-refractivity contribution is 9.10. The highest BCUT2D eigenvalue weighted by atomic mass is 79.9. The Bertz CT molecular complexity index is 468. The second-order valence-corrected chi connectivity index (χ2v) is 3.59. The molecule has 1 N–H and O–H groups in total. The molecule has 3 heteroatoms. The first-order valence-electron chi connectivity index (χ1n) is 3.76. The molecule has 0 atom stereocenters. The van der Waals surface area contributed by atoms with Crippen molar-refractivity contribution in [2.75, 3.05) is 0 Å². The van der Waals surface area contributed by atoms with Gasteiger partial charge in [-0.15, -0.1) is 0 Å². The molecule has 0 fully saturated rings. The predicted octanol–water partition coefficient (Wildman–Crippen LogP) is 3.45. The Morgan fingerprint density at radius 1 is 1.08 bits per heavy atom. The molecule has 0 heterocycles. The lowest BCUT2D eigenvalue weighted by Crippen LogP contribution is -1.81. The molecule has 0 aliphatic heterocycles. The van der Waals surface area contributed by atoms with Gasteiger partial charge in [-0.3, -0.25) is 0 Å². The molecule has 13 heavy (non-hydrogen) atoms. The van der Waals surface area contributed by atoms with Gasteiger partial charge in [-0.25, -0.2) is 4.39 Å². The van der Waals surface area contributed by atoms with E-state index in [1.165, 1.54) is 6.07 Å². The van der Waals surface area contributed by atoms with E-state index in [0.29, 0.717) is 5.39 Å². The number of phenolic OH excluding ortho intramolecular Hbond substituents is 1. The van der Waals surface area contributed by atoms with Crippen LogP contribution in [0.5, 0.6) is 5.75 Å². The minimum Gasteiger partial charge on any atom is -0.505 e. The molecular formula is C10H6BrFO. The molecule has 0 aliphatic carbocycles. The van der Waals surface area contributed by atoms with Crippen molar-refractivity contribution in [2.24, 2.45) is 0 Å². The SMILES string of the molecule is Oc1ccc2c(Br)cccc2c1F. The van der Waals surface area contributed by atoms with Gasteiger partial charge in [-0.05, 0) is 23.6 Å². The van der Waals surface area contributed by atoms with Crippen LogP contribution in [-0.2, 0) is 0 Å². The number of halogens is 2. The Hall–Kier alpha value is -1.09. The molecule has 2 aromatic rings. The Kier molecular flexibility index (Phi) is 1.96. The number of benzene rings is 2. The lowest BCUT2D eigenvalue weighted by atomic mass is 10.1. The molecule has 0 bridgehead atoms. The van der Waals surface area contributed by atoms with Crippen molar-refractivity contribution in [3.05, 3.63) is 40.6 Å². The van der Waals surface area contributed by atoms with Crippen LogP contribution in [0.25, 0.3) is 10.8 Å². The first-order valence-corrected chi connectivity index (χ1v) is 4.55. The second-order valence-electron chi connectivity index (χ2n) is 2.73. The monoisotopic (exact) mass is 240 g/mol. The van der Waals surface area contributed by atoms with Crippen molar-refractivity contribution in [1.29, 1.82) is 0 Å². The van der Waals surface area contributed by atoms with Gasteiger partial charge in [0.05, 0.1) is 0 Å². The molecule has 0 aromatic heterocycles. The highest BCUT2D eigenvalue weighted by Crippen LogP contribution is 2.29. The van der Waals surface area contributed by atoms with Crippen LogP contribution < -0.4 is 0 Å². The summed E-state index contributed by atoms with van der Waals surface area (Å²) in [6.07, 6.45) is 0. The maximum atomic E-state index is 13.3. The van der Waals surface area contributed by atoms with E-state index in [0.717, 1.165) is 9.86 Å². The van der Waals surface area contributed by atoms with Crippen LogP contribution in [0.15, 0.2) is 34.8 Å². The minimum atomic E-state index is -0.571. The number of hydrogen-bond donors (Lipinski definition) is 1. The van der Waals surface area contributed by atoms with Crippen LogP contribution in [0.1, 0.15) is 0 Å². The molecule has 0 amide bonds. The smallest absolute Gasteiger partial charge is 0.172 e. The lowest BCUT2D eigenvalue weighted by molar-refractivity contribution is 0.436. The van der Waals surface area contributed by atoms with Crippen molar-refractivity contribution in [3.8, 4) is 5.75 Å². The summed E-state index contributed by atoms with van der Waals surface area (Å²) in [7, 11) is 0. The van der Waals surface area contributed by atoms with E-state index in [2.05, 4.69) is 15.9 Å². The van der Waals surface area contributed by atoms with E-state index in [1.54, 1.807) is 18.2 Å². The van der Waals surface area contributed by atoms with Gasteiger partial charge in [-0.2, -0.15) is 0 Å². The summed E-state index contributed by atoms with van der Waals surface area (Å²) < 4.78 is 14.1. The molecule has 0 saturated carbocycles. The van der Waals surface area contributed by atoms with Crippen LogP contribution >= 0.6 is 15.9 Å². The molecular weight excluding hydrogens is 235 g/mol. The van der Waals surface area contributed by atoms with Gasteiger partial charge in [0.1, 0.15) is 0 Å². The Morgan fingerprint density at radius 2 is 1.85 bits per heavy atom.